The number of hydrogen-bond acceptors (Lipinski definition) is 5. The lowest BCUT2D eigenvalue weighted by Crippen LogP contribution is -2.21. The molecule has 0 spiro atoms. The Kier molecular flexibility index (Phi) is 6.85. The molecule has 0 aromatic heterocycles. The number of aliphatic hydroxyl groups is 1. The summed E-state index contributed by atoms with van der Waals surface area (Å²) in [5.74, 6) is -0.490. The Balaban J connectivity index is 2.17. The van der Waals surface area contributed by atoms with E-state index in [1.807, 2.05) is 0 Å². The maximum atomic E-state index is 12.5. The minimum atomic E-state index is -4.87. The number of carbonyl (C=O) groups excluding carboxylic acids is 1. The maximum absolute atomic E-state index is 12.5. The summed E-state index contributed by atoms with van der Waals surface area (Å²) in [6.45, 7) is 0.315. The zero-order chi connectivity index (χ0) is 19.9. The minimum absolute atomic E-state index is 0.0789. The third-order valence-corrected chi connectivity index (χ3v) is 3.31. The largest absolute Gasteiger partial charge is 0.573 e. The van der Waals surface area contributed by atoms with Crippen LogP contribution < -0.4 is 26.4 Å². The molecule has 10 heteroatoms. The first-order valence-electron chi connectivity index (χ1n) is 7.92. The molecule has 0 saturated carbocycles. The summed E-state index contributed by atoms with van der Waals surface area (Å²) in [5.41, 5.74) is 6.62. The van der Waals surface area contributed by atoms with Crippen molar-refractivity contribution in [2.45, 2.75) is 13.0 Å². The molecule has 0 aliphatic heterocycles. The maximum Gasteiger partial charge on any atom is 0.573 e. The summed E-state index contributed by atoms with van der Waals surface area (Å²) in [7, 11) is 0. The number of urea groups is 1. The van der Waals surface area contributed by atoms with Gasteiger partial charge in [0, 0.05) is 47.8 Å². The Morgan fingerprint density at radius 3 is 2.48 bits per heavy atom. The topological polar surface area (TPSA) is 109 Å². The van der Waals surface area contributed by atoms with Crippen LogP contribution in [-0.4, -0.2) is 30.6 Å². The highest BCUT2D eigenvalue weighted by atomic mass is 19.4. The van der Waals surface area contributed by atoms with E-state index in [1.54, 1.807) is 24.3 Å². The van der Waals surface area contributed by atoms with Crippen molar-refractivity contribution in [2.24, 2.45) is 5.73 Å². The van der Waals surface area contributed by atoms with E-state index in [9.17, 15) is 23.1 Å². The standard InChI is InChI=1S/C17H19F3N4O3/c18-17(19,20)27-14-8-12(22-6-5-21)7-13(9-14)23-16(26)24-15-4-2-1-3-11(15)10-25/h1-4,7-9,22,25H,5-6,10,21H2,(H2,23,24,26). The highest BCUT2D eigenvalue weighted by Gasteiger charge is 2.31. The number of carbonyl (C=O) groups is 1. The van der Waals surface area contributed by atoms with Crippen molar-refractivity contribution in [3.63, 3.8) is 0 Å². The van der Waals surface area contributed by atoms with Crippen molar-refractivity contribution in [1.29, 1.82) is 0 Å². The van der Waals surface area contributed by atoms with Crippen molar-refractivity contribution >= 4 is 23.1 Å². The molecular formula is C17H19F3N4O3. The average molecular weight is 384 g/mol. The lowest BCUT2D eigenvalue weighted by atomic mass is 10.2. The Morgan fingerprint density at radius 2 is 1.81 bits per heavy atom. The van der Waals surface area contributed by atoms with Gasteiger partial charge < -0.3 is 31.5 Å². The second-order valence-corrected chi connectivity index (χ2v) is 5.40. The van der Waals surface area contributed by atoms with Crippen LogP contribution in [0, 0.1) is 0 Å². The molecule has 0 radical (unpaired) electrons. The number of aliphatic hydroxyl groups excluding tert-OH is 1. The van der Waals surface area contributed by atoms with E-state index in [0.29, 0.717) is 23.5 Å². The van der Waals surface area contributed by atoms with Crippen LogP contribution in [0.15, 0.2) is 42.5 Å². The Bertz CT molecular complexity index is 784. The molecule has 0 atom stereocenters. The van der Waals surface area contributed by atoms with Gasteiger partial charge in [0.25, 0.3) is 0 Å². The van der Waals surface area contributed by atoms with E-state index < -0.39 is 18.1 Å². The van der Waals surface area contributed by atoms with E-state index in [0.717, 1.165) is 12.1 Å². The highest BCUT2D eigenvalue weighted by molar-refractivity contribution is 6.00. The van der Waals surface area contributed by atoms with Gasteiger partial charge in [-0.05, 0) is 12.1 Å². The molecule has 2 amide bonds. The van der Waals surface area contributed by atoms with Gasteiger partial charge in [0.1, 0.15) is 5.75 Å². The molecule has 0 unspecified atom stereocenters. The molecule has 27 heavy (non-hydrogen) atoms. The van der Waals surface area contributed by atoms with Crippen LogP contribution in [0.4, 0.5) is 35.0 Å². The number of halogens is 3. The van der Waals surface area contributed by atoms with Gasteiger partial charge in [-0.2, -0.15) is 0 Å². The molecule has 0 heterocycles. The fraction of sp³-hybridized carbons (Fsp3) is 0.235. The fourth-order valence-electron chi connectivity index (χ4n) is 2.25. The summed E-state index contributed by atoms with van der Waals surface area (Å²) in [4.78, 5) is 12.2. The van der Waals surface area contributed by atoms with Crippen molar-refractivity contribution in [2.75, 3.05) is 29.0 Å². The molecule has 2 aromatic carbocycles. The van der Waals surface area contributed by atoms with Crippen LogP contribution in [0.25, 0.3) is 0 Å². The molecule has 0 saturated heterocycles. The zero-order valence-corrected chi connectivity index (χ0v) is 14.1. The molecule has 6 N–H and O–H groups in total. The number of para-hydroxylation sites is 1. The van der Waals surface area contributed by atoms with Crippen molar-refractivity contribution in [1.82, 2.24) is 0 Å². The molecule has 146 valence electrons. The molecule has 0 aliphatic rings. The van der Waals surface area contributed by atoms with E-state index in [-0.39, 0.29) is 18.8 Å². The SMILES string of the molecule is NCCNc1cc(NC(=O)Nc2ccccc2CO)cc(OC(F)(F)F)c1. The molecule has 0 fully saturated rings. The summed E-state index contributed by atoms with van der Waals surface area (Å²) < 4.78 is 41.4. The van der Waals surface area contributed by atoms with Crippen molar-refractivity contribution < 1.29 is 27.8 Å². The summed E-state index contributed by atoms with van der Waals surface area (Å²) in [6.07, 6.45) is -4.87. The van der Waals surface area contributed by atoms with Gasteiger partial charge in [-0.15, -0.1) is 13.2 Å². The van der Waals surface area contributed by atoms with Crippen molar-refractivity contribution in [3.8, 4) is 5.75 Å². The monoisotopic (exact) mass is 384 g/mol. The van der Waals surface area contributed by atoms with Crippen LogP contribution in [0.5, 0.6) is 5.75 Å². The van der Waals surface area contributed by atoms with E-state index >= 15 is 0 Å². The van der Waals surface area contributed by atoms with Gasteiger partial charge in [0.15, 0.2) is 0 Å². The predicted octanol–water partition coefficient (Wildman–Crippen LogP) is 3.09. The molecular weight excluding hydrogens is 365 g/mol. The van der Waals surface area contributed by atoms with Crippen LogP contribution in [-0.2, 0) is 6.61 Å². The number of nitrogens with one attached hydrogen (secondary N) is 3. The number of benzene rings is 2. The smallest absolute Gasteiger partial charge is 0.406 e. The second kappa shape index (κ2) is 9.10. The Labute approximate surface area is 153 Å². The minimum Gasteiger partial charge on any atom is -0.406 e. The Morgan fingerprint density at radius 1 is 1.11 bits per heavy atom. The average Bonchev–Trinajstić information content (AvgIpc) is 2.58. The first kappa shape index (κ1) is 20.3. The third kappa shape index (κ3) is 6.68. The van der Waals surface area contributed by atoms with Gasteiger partial charge >= 0.3 is 12.4 Å². The number of nitrogens with two attached hydrogens (primary N) is 1. The lowest BCUT2D eigenvalue weighted by Gasteiger charge is -2.15. The van der Waals surface area contributed by atoms with Crippen LogP contribution in [0.3, 0.4) is 0 Å². The predicted molar refractivity (Wildman–Crippen MR) is 95.7 cm³/mol. The van der Waals surface area contributed by atoms with Gasteiger partial charge in [0.2, 0.25) is 0 Å². The number of rotatable bonds is 7. The number of amides is 2. The van der Waals surface area contributed by atoms with E-state index in [2.05, 4.69) is 20.7 Å². The molecule has 0 aliphatic carbocycles. The normalized spacial score (nSPS) is 11.0. The van der Waals surface area contributed by atoms with E-state index in [1.165, 1.54) is 6.07 Å². The van der Waals surface area contributed by atoms with Gasteiger partial charge in [-0.25, -0.2) is 4.79 Å². The third-order valence-electron chi connectivity index (χ3n) is 3.31. The molecule has 7 nitrogen and oxygen atoms in total. The number of ether oxygens (including phenoxy) is 1. The summed E-state index contributed by atoms with van der Waals surface area (Å²) >= 11 is 0. The fourth-order valence-corrected chi connectivity index (χ4v) is 2.25. The first-order chi connectivity index (χ1) is 12.8. The zero-order valence-electron chi connectivity index (χ0n) is 14.1. The van der Waals surface area contributed by atoms with Crippen LogP contribution >= 0.6 is 0 Å². The summed E-state index contributed by atoms with van der Waals surface area (Å²) in [6, 6.07) is 9.51. The Hall–Kier alpha value is -2.98. The van der Waals surface area contributed by atoms with Gasteiger partial charge in [-0.3, -0.25) is 0 Å². The van der Waals surface area contributed by atoms with Crippen molar-refractivity contribution in [3.05, 3.63) is 48.0 Å². The van der Waals surface area contributed by atoms with Gasteiger partial charge in [-0.1, -0.05) is 18.2 Å². The second-order valence-electron chi connectivity index (χ2n) is 5.40. The lowest BCUT2D eigenvalue weighted by molar-refractivity contribution is -0.274. The highest BCUT2D eigenvalue weighted by Crippen LogP contribution is 2.29. The summed E-state index contributed by atoms with van der Waals surface area (Å²) in [5, 5.41) is 17.1. The molecule has 2 aromatic rings. The molecule has 0 bridgehead atoms. The number of hydrogen-bond donors (Lipinski definition) is 5. The van der Waals surface area contributed by atoms with E-state index in [4.69, 9.17) is 5.73 Å². The van der Waals surface area contributed by atoms with Crippen LogP contribution in [0.1, 0.15) is 5.56 Å². The first-order valence-corrected chi connectivity index (χ1v) is 7.92. The number of anilines is 3. The quantitative estimate of drug-likeness (QED) is 0.504. The molecule has 2 rings (SSSR count). The number of alkyl halides is 3. The van der Waals surface area contributed by atoms with Crippen LogP contribution in [0.2, 0.25) is 0 Å². The van der Waals surface area contributed by atoms with Gasteiger partial charge in [0.05, 0.1) is 6.61 Å².